The Kier molecular flexibility index (Phi) is 6.13. The molecule has 0 aromatic heterocycles. The largest absolute Gasteiger partial charge is 0.380 e. The Labute approximate surface area is 118 Å². The fraction of sp³-hybridized carbons (Fsp3) is 0.600. The van der Waals surface area contributed by atoms with Gasteiger partial charge in [0.05, 0.1) is 5.69 Å². The predicted molar refractivity (Wildman–Crippen MR) is 80.4 cm³/mol. The molecule has 0 saturated carbocycles. The molecule has 0 amide bonds. The minimum atomic E-state index is -0.193. The van der Waals surface area contributed by atoms with E-state index in [1.54, 1.807) is 6.07 Å². The average molecular weight is 316 g/mol. The SMILES string of the molecule is CC(C)CC(CC(C)C)Nc1ccc(Br)cc1F. The number of benzene rings is 1. The van der Waals surface area contributed by atoms with Gasteiger partial charge in [0.2, 0.25) is 0 Å². The summed E-state index contributed by atoms with van der Waals surface area (Å²) < 4.78 is 14.6. The molecule has 1 N–H and O–H groups in total. The van der Waals surface area contributed by atoms with Gasteiger partial charge in [-0.15, -0.1) is 0 Å². The Hall–Kier alpha value is -0.570. The molecule has 1 aromatic rings. The molecule has 0 heterocycles. The zero-order valence-corrected chi connectivity index (χ0v) is 13.2. The van der Waals surface area contributed by atoms with Crippen molar-refractivity contribution in [1.29, 1.82) is 0 Å². The van der Waals surface area contributed by atoms with Crippen LogP contribution in [0.5, 0.6) is 0 Å². The summed E-state index contributed by atoms with van der Waals surface area (Å²) in [4.78, 5) is 0. The lowest BCUT2D eigenvalue weighted by Crippen LogP contribution is -2.24. The molecular weight excluding hydrogens is 293 g/mol. The fourth-order valence-corrected chi connectivity index (χ4v) is 2.51. The van der Waals surface area contributed by atoms with Crippen LogP contribution in [0.2, 0.25) is 0 Å². The van der Waals surface area contributed by atoms with Gasteiger partial charge in [-0.3, -0.25) is 0 Å². The number of halogens is 2. The van der Waals surface area contributed by atoms with Crippen LogP contribution in [0.15, 0.2) is 22.7 Å². The predicted octanol–water partition coefficient (Wildman–Crippen LogP) is 5.46. The summed E-state index contributed by atoms with van der Waals surface area (Å²) in [6, 6.07) is 5.51. The van der Waals surface area contributed by atoms with Gasteiger partial charge in [0.25, 0.3) is 0 Å². The highest BCUT2D eigenvalue weighted by Gasteiger charge is 2.14. The van der Waals surface area contributed by atoms with E-state index in [4.69, 9.17) is 0 Å². The van der Waals surface area contributed by atoms with Crippen LogP contribution in [-0.2, 0) is 0 Å². The maximum absolute atomic E-state index is 13.8. The van der Waals surface area contributed by atoms with Gasteiger partial charge in [0.15, 0.2) is 0 Å². The van der Waals surface area contributed by atoms with Crippen molar-refractivity contribution in [1.82, 2.24) is 0 Å². The van der Waals surface area contributed by atoms with Crippen molar-refractivity contribution in [2.45, 2.75) is 46.6 Å². The third-order valence-corrected chi connectivity index (χ3v) is 3.30. The second-order valence-electron chi connectivity index (χ2n) is 5.72. The van der Waals surface area contributed by atoms with E-state index >= 15 is 0 Å². The smallest absolute Gasteiger partial charge is 0.147 e. The lowest BCUT2D eigenvalue weighted by molar-refractivity contribution is 0.440. The van der Waals surface area contributed by atoms with Crippen LogP contribution in [0.1, 0.15) is 40.5 Å². The molecule has 1 rings (SSSR count). The second-order valence-corrected chi connectivity index (χ2v) is 6.64. The summed E-state index contributed by atoms with van der Waals surface area (Å²) >= 11 is 3.28. The summed E-state index contributed by atoms with van der Waals surface area (Å²) in [5.74, 6) is 1.03. The van der Waals surface area contributed by atoms with Gasteiger partial charge in [-0.2, -0.15) is 0 Å². The maximum Gasteiger partial charge on any atom is 0.147 e. The molecule has 1 aromatic carbocycles. The normalized spacial score (nSPS) is 11.6. The van der Waals surface area contributed by atoms with Crippen molar-refractivity contribution < 1.29 is 4.39 Å². The van der Waals surface area contributed by atoms with E-state index in [1.165, 1.54) is 6.07 Å². The van der Waals surface area contributed by atoms with Crippen molar-refractivity contribution in [3.63, 3.8) is 0 Å². The fourth-order valence-electron chi connectivity index (χ4n) is 2.18. The second kappa shape index (κ2) is 7.13. The van der Waals surface area contributed by atoms with Crippen LogP contribution >= 0.6 is 15.9 Å². The lowest BCUT2D eigenvalue weighted by atomic mass is 9.95. The standard InChI is InChI=1S/C15H23BrFN/c1-10(2)7-13(8-11(3)4)18-15-6-5-12(16)9-14(15)17/h5-6,9-11,13,18H,7-8H2,1-4H3. The van der Waals surface area contributed by atoms with Gasteiger partial charge in [-0.25, -0.2) is 4.39 Å². The van der Waals surface area contributed by atoms with E-state index in [1.807, 2.05) is 6.07 Å². The molecule has 1 nitrogen and oxygen atoms in total. The number of nitrogens with one attached hydrogen (secondary N) is 1. The van der Waals surface area contributed by atoms with Crippen molar-refractivity contribution in [2.24, 2.45) is 11.8 Å². The first-order chi connectivity index (χ1) is 8.38. The van der Waals surface area contributed by atoms with Gasteiger partial charge in [-0.05, 0) is 42.9 Å². The first-order valence-electron chi connectivity index (χ1n) is 6.60. The summed E-state index contributed by atoms with van der Waals surface area (Å²) in [5, 5.41) is 3.34. The number of hydrogen-bond donors (Lipinski definition) is 1. The van der Waals surface area contributed by atoms with Gasteiger partial charge >= 0.3 is 0 Å². The summed E-state index contributed by atoms with van der Waals surface area (Å²) in [7, 11) is 0. The minimum Gasteiger partial charge on any atom is -0.380 e. The van der Waals surface area contributed by atoms with E-state index in [2.05, 4.69) is 48.9 Å². The maximum atomic E-state index is 13.8. The Morgan fingerprint density at radius 2 is 1.67 bits per heavy atom. The minimum absolute atomic E-state index is 0.193. The molecule has 18 heavy (non-hydrogen) atoms. The lowest BCUT2D eigenvalue weighted by Gasteiger charge is -2.23. The molecule has 0 aliphatic rings. The quantitative estimate of drug-likeness (QED) is 0.734. The van der Waals surface area contributed by atoms with E-state index in [-0.39, 0.29) is 5.82 Å². The molecule has 0 bridgehead atoms. The molecule has 0 aliphatic heterocycles. The van der Waals surface area contributed by atoms with E-state index in [0.29, 0.717) is 23.6 Å². The number of hydrogen-bond acceptors (Lipinski definition) is 1. The third-order valence-electron chi connectivity index (χ3n) is 2.80. The van der Waals surface area contributed by atoms with Crippen molar-refractivity contribution in [3.05, 3.63) is 28.5 Å². The van der Waals surface area contributed by atoms with E-state index in [9.17, 15) is 4.39 Å². The first-order valence-corrected chi connectivity index (χ1v) is 7.39. The topological polar surface area (TPSA) is 12.0 Å². The Balaban J connectivity index is 2.75. The summed E-state index contributed by atoms with van der Waals surface area (Å²) in [6.45, 7) is 8.81. The Morgan fingerprint density at radius 3 is 2.11 bits per heavy atom. The third kappa shape index (κ3) is 5.38. The molecule has 0 radical (unpaired) electrons. The zero-order valence-electron chi connectivity index (χ0n) is 11.6. The molecule has 102 valence electrons. The summed E-state index contributed by atoms with van der Waals surface area (Å²) in [6.07, 6.45) is 2.13. The first kappa shape index (κ1) is 15.5. The molecule has 0 spiro atoms. The van der Waals surface area contributed by atoms with Gasteiger partial charge in [0, 0.05) is 10.5 Å². The van der Waals surface area contributed by atoms with Crippen LogP contribution < -0.4 is 5.32 Å². The zero-order chi connectivity index (χ0) is 13.7. The van der Waals surface area contributed by atoms with Crippen molar-refractivity contribution >= 4 is 21.6 Å². The van der Waals surface area contributed by atoms with E-state index in [0.717, 1.165) is 17.3 Å². The van der Waals surface area contributed by atoms with Crippen molar-refractivity contribution in [3.8, 4) is 0 Å². The molecule has 3 heteroatoms. The summed E-state index contributed by atoms with van der Waals surface area (Å²) in [5.41, 5.74) is 0.601. The van der Waals surface area contributed by atoms with Crippen LogP contribution in [0.3, 0.4) is 0 Å². The van der Waals surface area contributed by atoms with Crippen LogP contribution in [0.25, 0.3) is 0 Å². The Bertz CT molecular complexity index is 367. The van der Waals surface area contributed by atoms with Crippen LogP contribution in [0.4, 0.5) is 10.1 Å². The number of rotatable bonds is 6. The number of anilines is 1. The highest BCUT2D eigenvalue weighted by atomic mass is 79.9. The van der Waals surface area contributed by atoms with Gasteiger partial charge in [-0.1, -0.05) is 43.6 Å². The van der Waals surface area contributed by atoms with Crippen LogP contribution in [0, 0.1) is 17.7 Å². The molecule has 0 atom stereocenters. The van der Waals surface area contributed by atoms with Crippen molar-refractivity contribution in [2.75, 3.05) is 5.32 Å². The van der Waals surface area contributed by atoms with Gasteiger partial charge in [0.1, 0.15) is 5.82 Å². The monoisotopic (exact) mass is 315 g/mol. The molecule has 0 unspecified atom stereocenters. The molecule has 0 saturated heterocycles. The van der Waals surface area contributed by atoms with Crippen LogP contribution in [-0.4, -0.2) is 6.04 Å². The highest BCUT2D eigenvalue weighted by molar-refractivity contribution is 9.10. The molecular formula is C15H23BrFN. The highest BCUT2D eigenvalue weighted by Crippen LogP contribution is 2.23. The van der Waals surface area contributed by atoms with Gasteiger partial charge < -0.3 is 5.32 Å². The molecule has 0 aliphatic carbocycles. The molecule has 0 fully saturated rings. The Morgan fingerprint density at radius 1 is 1.11 bits per heavy atom. The van der Waals surface area contributed by atoms with E-state index < -0.39 is 0 Å². The average Bonchev–Trinajstić information content (AvgIpc) is 2.20.